The van der Waals surface area contributed by atoms with Gasteiger partial charge in [-0.3, -0.25) is 0 Å². The van der Waals surface area contributed by atoms with E-state index in [9.17, 15) is 5.11 Å². The summed E-state index contributed by atoms with van der Waals surface area (Å²) in [6, 6.07) is 9.96. The zero-order chi connectivity index (χ0) is 15.1. The van der Waals surface area contributed by atoms with Crippen LogP contribution in [0.3, 0.4) is 0 Å². The molecule has 0 radical (unpaired) electrons. The summed E-state index contributed by atoms with van der Waals surface area (Å²) in [4.78, 5) is 8.03. The van der Waals surface area contributed by atoms with E-state index in [1.165, 1.54) is 12.4 Å². The zero-order valence-corrected chi connectivity index (χ0v) is 12.9. The van der Waals surface area contributed by atoms with Crippen LogP contribution in [0.4, 0.5) is 5.82 Å². The van der Waals surface area contributed by atoms with Crippen molar-refractivity contribution < 1.29 is 5.11 Å². The van der Waals surface area contributed by atoms with E-state index < -0.39 is 0 Å². The Morgan fingerprint density at radius 2 is 2.19 bits per heavy atom. The molecule has 0 bridgehead atoms. The number of aliphatic hydroxyl groups excluding tert-OH is 1. The van der Waals surface area contributed by atoms with Gasteiger partial charge < -0.3 is 10.4 Å². The normalized spacial score (nSPS) is 11.7. The minimum atomic E-state index is 0.0803. The first-order chi connectivity index (χ1) is 10.2. The van der Waals surface area contributed by atoms with Crippen molar-refractivity contribution in [1.82, 2.24) is 9.97 Å². The van der Waals surface area contributed by atoms with Gasteiger partial charge in [-0.25, -0.2) is 9.97 Å². The number of aliphatic hydroxyl groups is 1. The van der Waals surface area contributed by atoms with Gasteiger partial charge in [0.05, 0.1) is 12.4 Å². The number of nitriles is 1. The molecule has 1 atom stereocenters. The molecule has 5 nitrogen and oxygen atoms in total. The van der Waals surface area contributed by atoms with Gasteiger partial charge in [0.15, 0.2) is 5.69 Å². The van der Waals surface area contributed by atoms with E-state index in [0.29, 0.717) is 12.4 Å². The fraction of sp³-hybridized carbons (Fsp3) is 0.267. The second-order valence-corrected chi connectivity index (χ2v) is 5.58. The van der Waals surface area contributed by atoms with Gasteiger partial charge in [-0.2, -0.15) is 5.26 Å². The number of anilines is 1. The van der Waals surface area contributed by atoms with Crippen molar-refractivity contribution in [3.8, 4) is 6.07 Å². The van der Waals surface area contributed by atoms with Crippen LogP contribution in [0.5, 0.6) is 0 Å². The highest BCUT2D eigenvalue weighted by molar-refractivity contribution is 9.10. The molecule has 0 spiro atoms. The van der Waals surface area contributed by atoms with E-state index in [1.807, 2.05) is 30.3 Å². The first-order valence-corrected chi connectivity index (χ1v) is 7.32. The number of hydrogen-bond acceptors (Lipinski definition) is 5. The fourth-order valence-corrected chi connectivity index (χ4v) is 2.37. The van der Waals surface area contributed by atoms with Crippen LogP contribution in [0.15, 0.2) is 41.1 Å². The lowest BCUT2D eigenvalue weighted by atomic mass is 10.0. The molecular formula is C15H15BrN4O. The Balaban J connectivity index is 1.91. The first-order valence-electron chi connectivity index (χ1n) is 6.52. The van der Waals surface area contributed by atoms with Gasteiger partial charge in [0.25, 0.3) is 0 Å². The summed E-state index contributed by atoms with van der Waals surface area (Å²) in [6.07, 6.45) is 3.71. The molecule has 108 valence electrons. The van der Waals surface area contributed by atoms with E-state index in [2.05, 4.69) is 31.2 Å². The predicted octanol–water partition coefficient (Wildman–Crippen LogP) is 2.37. The molecule has 0 aliphatic carbocycles. The van der Waals surface area contributed by atoms with E-state index in [1.54, 1.807) is 0 Å². The minimum Gasteiger partial charge on any atom is -0.396 e. The summed E-state index contributed by atoms with van der Waals surface area (Å²) in [5.41, 5.74) is 1.45. The third-order valence-electron chi connectivity index (χ3n) is 3.01. The number of benzene rings is 1. The Hall–Kier alpha value is -1.97. The second-order valence-electron chi connectivity index (χ2n) is 4.66. The SMILES string of the molecule is N#Cc1cnc(NCC(CO)Cc2cccc(Br)c2)cn1. The topological polar surface area (TPSA) is 81.8 Å². The van der Waals surface area contributed by atoms with E-state index in [0.717, 1.165) is 16.5 Å². The maximum absolute atomic E-state index is 9.49. The molecule has 6 heteroatoms. The number of halogens is 1. The molecule has 1 aromatic carbocycles. The van der Waals surface area contributed by atoms with Crippen molar-refractivity contribution in [2.75, 3.05) is 18.5 Å². The van der Waals surface area contributed by atoms with Gasteiger partial charge in [0, 0.05) is 23.5 Å². The Morgan fingerprint density at radius 1 is 1.33 bits per heavy atom. The number of aromatic nitrogens is 2. The van der Waals surface area contributed by atoms with Gasteiger partial charge in [-0.15, -0.1) is 0 Å². The lowest BCUT2D eigenvalue weighted by Crippen LogP contribution is -2.20. The Morgan fingerprint density at radius 3 is 2.81 bits per heavy atom. The van der Waals surface area contributed by atoms with Gasteiger partial charge in [-0.1, -0.05) is 28.1 Å². The molecule has 0 aliphatic heterocycles. The average molecular weight is 347 g/mol. The van der Waals surface area contributed by atoms with Crippen molar-refractivity contribution in [3.05, 3.63) is 52.4 Å². The third-order valence-corrected chi connectivity index (χ3v) is 3.50. The highest BCUT2D eigenvalue weighted by atomic mass is 79.9. The molecule has 0 aliphatic rings. The quantitative estimate of drug-likeness (QED) is 0.838. The fourth-order valence-electron chi connectivity index (χ4n) is 1.92. The van der Waals surface area contributed by atoms with Crippen molar-refractivity contribution in [3.63, 3.8) is 0 Å². The highest BCUT2D eigenvalue weighted by Crippen LogP contribution is 2.15. The molecule has 0 amide bonds. The van der Waals surface area contributed by atoms with Gasteiger partial charge in [0.1, 0.15) is 11.9 Å². The first kappa shape index (κ1) is 15.4. The van der Waals surface area contributed by atoms with Crippen molar-refractivity contribution in [2.45, 2.75) is 6.42 Å². The molecule has 1 heterocycles. The summed E-state index contributed by atoms with van der Waals surface area (Å²) in [5, 5.41) is 21.3. The summed E-state index contributed by atoms with van der Waals surface area (Å²) in [5.74, 6) is 0.679. The number of rotatable bonds is 6. The lowest BCUT2D eigenvalue weighted by molar-refractivity contribution is 0.232. The van der Waals surface area contributed by atoms with Crippen LogP contribution >= 0.6 is 15.9 Å². The maximum Gasteiger partial charge on any atom is 0.158 e. The molecular weight excluding hydrogens is 332 g/mol. The van der Waals surface area contributed by atoms with E-state index >= 15 is 0 Å². The van der Waals surface area contributed by atoms with Crippen LogP contribution in [0.1, 0.15) is 11.3 Å². The maximum atomic E-state index is 9.49. The Kier molecular flexibility index (Phi) is 5.67. The average Bonchev–Trinajstić information content (AvgIpc) is 2.52. The van der Waals surface area contributed by atoms with Crippen LogP contribution in [-0.2, 0) is 6.42 Å². The number of hydrogen-bond donors (Lipinski definition) is 2. The van der Waals surface area contributed by atoms with Crippen molar-refractivity contribution in [1.29, 1.82) is 5.26 Å². The van der Waals surface area contributed by atoms with E-state index in [4.69, 9.17) is 5.26 Å². The van der Waals surface area contributed by atoms with E-state index in [-0.39, 0.29) is 18.2 Å². The Labute approximate surface area is 131 Å². The molecule has 0 saturated carbocycles. The lowest BCUT2D eigenvalue weighted by Gasteiger charge is -2.15. The van der Waals surface area contributed by atoms with Gasteiger partial charge in [-0.05, 0) is 24.1 Å². The predicted molar refractivity (Wildman–Crippen MR) is 83.7 cm³/mol. The largest absolute Gasteiger partial charge is 0.396 e. The van der Waals surface area contributed by atoms with Gasteiger partial charge >= 0.3 is 0 Å². The molecule has 1 aromatic heterocycles. The summed E-state index contributed by atoms with van der Waals surface area (Å²) in [6.45, 7) is 0.673. The molecule has 0 fully saturated rings. The van der Waals surface area contributed by atoms with Crippen LogP contribution in [0.2, 0.25) is 0 Å². The van der Waals surface area contributed by atoms with Crippen molar-refractivity contribution >= 4 is 21.7 Å². The summed E-state index contributed by atoms with van der Waals surface area (Å²) < 4.78 is 1.03. The molecule has 2 N–H and O–H groups in total. The number of nitrogens with zero attached hydrogens (tertiary/aromatic N) is 3. The van der Waals surface area contributed by atoms with Crippen molar-refractivity contribution in [2.24, 2.45) is 5.92 Å². The smallest absolute Gasteiger partial charge is 0.158 e. The summed E-state index contributed by atoms with van der Waals surface area (Å²) in [7, 11) is 0. The van der Waals surface area contributed by atoms with Crippen LogP contribution in [0.25, 0.3) is 0 Å². The molecule has 2 rings (SSSR count). The highest BCUT2D eigenvalue weighted by Gasteiger charge is 2.09. The molecule has 21 heavy (non-hydrogen) atoms. The zero-order valence-electron chi connectivity index (χ0n) is 11.3. The second kappa shape index (κ2) is 7.72. The minimum absolute atomic E-state index is 0.0803. The molecule has 0 saturated heterocycles. The van der Waals surface area contributed by atoms with Gasteiger partial charge in [0.2, 0.25) is 0 Å². The van der Waals surface area contributed by atoms with Crippen LogP contribution in [-0.4, -0.2) is 28.2 Å². The number of nitrogens with one attached hydrogen (secondary N) is 1. The molecule has 1 unspecified atom stereocenters. The Bertz CT molecular complexity index is 624. The van der Waals surface area contributed by atoms with Crippen LogP contribution in [0, 0.1) is 17.2 Å². The monoisotopic (exact) mass is 346 g/mol. The van der Waals surface area contributed by atoms with Crippen LogP contribution < -0.4 is 5.32 Å². The third kappa shape index (κ3) is 4.81. The standard InChI is InChI=1S/C15H15BrN4O/c16-13-3-1-2-11(5-13)4-12(10-21)7-19-15-9-18-14(6-17)8-20-15/h1-3,5,8-9,12,21H,4,7,10H2,(H,19,20). The summed E-state index contributed by atoms with van der Waals surface area (Å²) >= 11 is 3.44. The molecule has 2 aromatic rings.